The van der Waals surface area contributed by atoms with Gasteiger partial charge in [-0.2, -0.15) is 5.26 Å². The second-order valence-corrected chi connectivity index (χ2v) is 4.92. The van der Waals surface area contributed by atoms with Crippen LogP contribution in [0.4, 0.5) is 0 Å². The van der Waals surface area contributed by atoms with E-state index in [-0.39, 0.29) is 0 Å². The highest BCUT2D eigenvalue weighted by Crippen LogP contribution is 2.29. The van der Waals surface area contributed by atoms with Gasteiger partial charge in [0, 0.05) is 28.5 Å². The number of nitrogens with zero attached hydrogens (tertiary/aromatic N) is 2. The summed E-state index contributed by atoms with van der Waals surface area (Å²) in [7, 11) is 0. The zero-order valence-corrected chi connectivity index (χ0v) is 12.6. The molecule has 0 amide bonds. The maximum Gasteiger partial charge on any atom is 0.162 e. The average Bonchev–Trinajstić information content (AvgIpc) is 2.46. The molecule has 5 heteroatoms. The van der Waals surface area contributed by atoms with Crippen LogP contribution in [-0.2, 0) is 6.61 Å². The summed E-state index contributed by atoms with van der Waals surface area (Å²) in [4.78, 5) is 4.08. The third-order valence-electron chi connectivity index (χ3n) is 2.53. The Morgan fingerprint density at radius 1 is 1.20 bits per heavy atom. The molecule has 1 aromatic carbocycles. The minimum atomic E-state index is 0.387. The number of rotatable bonds is 5. The Balaban J connectivity index is 2.14. The number of hydrogen-bond donors (Lipinski definition) is 0. The smallest absolute Gasteiger partial charge is 0.162 e. The molecule has 0 aliphatic heterocycles. The normalized spacial score (nSPS) is 9.85. The van der Waals surface area contributed by atoms with Gasteiger partial charge in [-0.1, -0.05) is 0 Å². The van der Waals surface area contributed by atoms with Crippen molar-refractivity contribution in [2.24, 2.45) is 0 Å². The maximum absolute atomic E-state index is 8.90. The minimum absolute atomic E-state index is 0.387. The van der Waals surface area contributed by atoms with Crippen molar-refractivity contribution in [2.45, 2.75) is 13.5 Å². The van der Waals surface area contributed by atoms with Gasteiger partial charge in [-0.15, -0.1) is 0 Å². The zero-order chi connectivity index (χ0) is 14.4. The van der Waals surface area contributed by atoms with Crippen LogP contribution in [0, 0.1) is 11.3 Å². The van der Waals surface area contributed by atoms with E-state index in [4.69, 9.17) is 14.7 Å². The first-order valence-corrected chi connectivity index (χ1v) is 6.91. The summed E-state index contributed by atoms with van der Waals surface area (Å²) in [5.74, 6) is 1.19. The lowest BCUT2D eigenvalue weighted by Gasteiger charge is -2.12. The van der Waals surface area contributed by atoms with Crippen molar-refractivity contribution in [1.29, 1.82) is 5.26 Å². The van der Waals surface area contributed by atoms with E-state index in [0.29, 0.717) is 30.3 Å². The number of ether oxygens (including phenoxy) is 2. The molecule has 0 N–H and O–H groups in total. The van der Waals surface area contributed by atoms with Crippen LogP contribution in [0.5, 0.6) is 11.5 Å². The Hall–Kier alpha value is -2.06. The first-order valence-electron chi connectivity index (χ1n) is 6.12. The van der Waals surface area contributed by atoms with Crippen LogP contribution in [0.1, 0.15) is 18.1 Å². The van der Waals surface area contributed by atoms with Crippen LogP contribution in [-0.4, -0.2) is 11.6 Å². The second kappa shape index (κ2) is 6.92. The van der Waals surface area contributed by atoms with Crippen molar-refractivity contribution in [1.82, 2.24) is 4.98 Å². The average molecular weight is 333 g/mol. The van der Waals surface area contributed by atoms with Crippen LogP contribution in [0.15, 0.2) is 41.1 Å². The van der Waals surface area contributed by atoms with Crippen LogP contribution >= 0.6 is 15.9 Å². The lowest BCUT2D eigenvalue weighted by atomic mass is 10.2. The molecule has 20 heavy (non-hydrogen) atoms. The molecule has 1 heterocycles. The zero-order valence-electron chi connectivity index (χ0n) is 11.0. The predicted octanol–water partition coefficient (Wildman–Crippen LogP) is 3.69. The number of halogens is 1. The standard InChI is InChI=1S/C15H13BrN2O2/c1-2-19-15-6-11(7-17)3-4-14(15)20-10-12-5-13(16)9-18-8-12/h3-6,8-9H,2,10H2,1H3. The van der Waals surface area contributed by atoms with Crippen LogP contribution < -0.4 is 9.47 Å². The quantitative estimate of drug-likeness (QED) is 0.837. The fourth-order valence-electron chi connectivity index (χ4n) is 1.66. The molecule has 0 spiro atoms. The van der Waals surface area contributed by atoms with Crippen molar-refractivity contribution in [2.75, 3.05) is 6.61 Å². The van der Waals surface area contributed by atoms with Gasteiger partial charge in [-0.3, -0.25) is 4.98 Å². The van der Waals surface area contributed by atoms with Gasteiger partial charge in [0.1, 0.15) is 6.61 Å². The fraction of sp³-hybridized carbons (Fsp3) is 0.200. The van der Waals surface area contributed by atoms with Crippen molar-refractivity contribution in [3.8, 4) is 17.6 Å². The molecule has 1 aromatic heterocycles. The first-order chi connectivity index (χ1) is 9.72. The molecule has 2 aromatic rings. The molecule has 0 saturated carbocycles. The van der Waals surface area contributed by atoms with E-state index in [1.165, 1.54) is 0 Å². The Morgan fingerprint density at radius 2 is 2.05 bits per heavy atom. The summed E-state index contributed by atoms with van der Waals surface area (Å²) in [6.07, 6.45) is 3.46. The third-order valence-corrected chi connectivity index (χ3v) is 2.96. The van der Waals surface area contributed by atoms with Gasteiger partial charge in [0.05, 0.1) is 18.2 Å². The monoisotopic (exact) mass is 332 g/mol. The molecular formula is C15H13BrN2O2. The summed E-state index contributed by atoms with van der Waals surface area (Å²) < 4.78 is 12.1. The summed E-state index contributed by atoms with van der Waals surface area (Å²) in [6.45, 7) is 2.79. The Labute approximate surface area is 126 Å². The lowest BCUT2D eigenvalue weighted by Crippen LogP contribution is -2.00. The molecule has 2 rings (SSSR count). The van der Waals surface area contributed by atoms with E-state index in [9.17, 15) is 0 Å². The fourth-order valence-corrected chi connectivity index (χ4v) is 2.07. The van der Waals surface area contributed by atoms with Gasteiger partial charge in [-0.25, -0.2) is 0 Å². The third kappa shape index (κ3) is 3.72. The largest absolute Gasteiger partial charge is 0.490 e. The van der Waals surface area contributed by atoms with Gasteiger partial charge in [0.2, 0.25) is 0 Å². The highest BCUT2D eigenvalue weighted by molar-refractivity contribution is 9.10. The van der Waals surface area contributed by atoms with E-state index in [0.717, 1.165) is 10.0 Å². The Morgan fingerprint density at radius 3 is 2.75 bits per heavy atom. The molecule has 0 bridgehead atoms. The summed E-state index contributed by atoms with van der Waals surface area (Å²) in [5.41, 5.74) is 1.50. The molecule has 0 saturated heterocycles. The van der Waals surface area contributed by atoms with Crippen molar-refractivity contribution in [3.63, 3.8) is 0 Å². The van der Waals surface area contributed by atoms with E-state index >= 15 is 0 Å². The minimum Gasteiger partial charge on any atom is -0.490 e. The van der Waals surface area contributed by atoms with E-state index in [1.807, 2.05) is 13.0 Å². The molecule has 0 radical (unpaired) electrons. The highest BCUT2D eigenvalue weighted by atomic mass is 79.9. The van der Waals surface area contributed by atoms with E-state index < -0.39 is 0 Å². The predicted molar refractivity (Wildman–Crippen MR) is 78.6 cm³/mol. The van der Waals surface area contributed by atoms with Crippen LogP contribution in [0.2, 0.25) is 0 Å². The molecule has 0 fully saturated rings. The first kappa shape index (κ1) is 14.4. The summed E-state index contributed by atoms with van der Waals surface area (Å²) in [6, 6.07) is 9.15. The van der Waals surface area contributed by atoms with Gasteiger partial charge in [0.25, 0.3) is 0 Å². The Bertz CT molecular complexity index is 638. The SMILES string of the molecule is CCOc1cc(C#N)ccc1OCc1cncc(Br)c1. The number of hydrogen-bond acceptors (Lipinski definition) is 4. The van der Waals surface area contributed by atoms with E-state index in [2.05, 4.69) is 27.0 Å². The number of benzene rings is 1. The van der Waals surface area contributed by atoms with Crippen molar-refractivity contribution >= 4 is 15.9 Å². The van der Waals surface area contributed by atoms with Crippen LogP contribution in [0.3, 0.4) is 0 Å². The summed E-state index contributed by atoms with van der Waals surface area (Å²) in [5, 5.41) is 8.90. The molecule has 102 valence electrons. The van der Waals surface area contributed by atoms with Crippen molar-refractivity contribution < 1.29 is 9.47 Å². The Kier molecular flexibility index (Phi) is 4.97. The summed E-state index contributed by atoms with van der Waals surface area (Å²) >= 11 is 3.37. The molecule has 0 atom stereocenters. The van der Waals surface area contributed by atoms with Crippen molar-refractivity contribution in [3.05, 3.63) is 52.3 Å². The van der Waals surface area contributed by atoms with Gasteiger partial charge in [-0.05, 0) is 41.1 Å². The molecule has 0 aliphatic rings. The molecule has 4 nitrogen and oxygen atoms in total. The van der Waals surface area contributed by atoms with Gasteiger partial charge in [0.15, 0.2) is 11.5 Å². The van der Waals surface area contributed by atoms with Gasteiger partial charge < -0.3 is 9.47 Å². The van der Waals surface area contributed by atoms with Gasteiger partial charge >= 0.3 is 0 Å². The molecule has 0 unspecified atom stereocenters. The molecular weight excluding hydrogens is 320 g/mol. The van der Waals surface area contributed by atoms with Crippen LogP contribution in [0.25, 0.3) is 0 Å². The molecule has 0 aliphatic carbocycles. The second-order valence-electron chi connectivity index (χ2n) is 4.01. The van der Waals surface area contributed by atoms with E-state index in [1.54, 1.807) is 30.6 Å². The highest BCUT2D eigenvalue weighted by Gasteiger charge is 2.07. The topological polar surface area (TPSA) is 55.1 Å². The maximum atomic E-state index is 8.90. The number of nitriles is 1. The number of pyridine rings is 1. The number of aromatic nitrogens is 1. The lowest BCUT2D eigenvalue weighted by molar-refractivity contribution is 0.269.